The van der Waals surface area contributed by atoms with E-state index in [1.165, 1.54) is 0 Å². The van der Waals surface area contributed by atoms with Crippen LogP contribution in [0.4, 0.5) is 0 Å². The summed E-state index contributed by atoms with van der Waals surface area (Å²) >= 11 is 5.14. The fourth-order valence-corrected chi connectivity index (χ4v) is 2.65. The van der Waals surface area contributed by atoms with Crippen LogP contribution in [-0.4, -0.2) is 12.0 Å². The second-order valence-corrected chi connectivity index (χ2v) is 5.66. The number of rotatable bonds is 4. The van der Waals surface area contributed by atoms with Gasteiger partial charge in [-0.05, 0) is 24.0 Å². The van der Waals surface area contributed by atoms with E-state index in [9.17, 15) is 4.79 Å². The topological polar surface area (TPSA) is 17.1 Å². The molecule has 0 aliphatic carbocycles. The molecule has 0 radical (unpaired) electrons. The number of alkyl halides is 1. The number of carbonyl (C=O) groups excluding carboxylic acids is 1. The monoisotopic (exact) mass is 320 g/mol. The molecule has 2 aromatic carbocycles. The summed E-state index contributed by atoms with van der Waals surface area (Å²) < 4.78 is 0. The lowest BCUT2D eigenvalue weighted by Crippen LogP contribution is -2.06. The van der Waals surface area contributed by atoms with Gasteiger partial charge in [0.25, 0.3) is 0 Å². The van der Waals surface area contributed by atoms with Crippen molar-refractivity contribution in [2.24, 2.45) is 0 Å². The summed E-state index contributed by atoms with van der Waals surface area (Å²) in [6, 6.07) is 17.4. The van der Waals surface area contributed by atoms with Gasteiger partial charge in [-0.2, -0.15) is 0 Å². The molecule has 3 heteroatoms. The number of thioether (sulfide) groups is 1. The molecule has 1 atom stereocenters. The van der Waals surface area contributed by atoms with Gasteiger partial charge < -0.3 is 0 Å². The average Bonchev–Trinajstić information content (AvgIpc) is 2.47. The Kier molecular flexibility index (Phi) is 4.61. The second-order valence-electron chi connectivity index (χ2n) is 3.87. The van der Waals surface area contributed by atoms with E-state index in [2.05, 4.69) is 15.9 Å². The Hall–Kier alpha value is -1.06. The minimum Gasteiger partial charge on any atom is -0.293 e. The van der Waals surface area contributed by atoms with E-state index in [0.717, 1.165) is 16.0 Å². The first-order chi connectivity index (χ1) is 8.72. The molecule has 92 valence electrons. The van der Waals surface area contributed by atoms with E-state index in [0.29, 0.717) is 0 Å². The van der Waals surface area contributed by atoms with Crippen LogP contribution < -0.4 is 0 Å². The normalized spacial score (nSPS) is 12.1. The van der Waals surface area contributed by atoms with E-state index < -0.39 is 0 Å². The lowest BCUT2D eigenvalue weighted by Gasteiger charge is -2.09. The molecular weight excluding hydrogens is 308 g/mol. The third kappa shape index (κ3) is 3.03. The van der Waals surface area contributed by atoms with E-state index in [1.54, 1.807) is 11.8 Å². The predicted molar refractivity (Wildman–Crippen MR) is 80.7 cm³/mol. The first-order valence-corrected chi connectivity index (χ1v) is 7.73. The molecule has 2 aromatic rings. The van der Waals surface area contributed by atoms with Crippen LogP contribution in [0.5, 0.6) is 0 Å². The maximum atomic E-state index is 12.3. The van der Waals surface area contributed by atoms with Gasteiger partial charge in [0.05, 0.1) is 0 Å². The highest BCUT2D eigenvalue weighted by atomic mass is 79.9. The van der Waals surface area contributed by atoms with Gasteiger partial charge in [0.1, 0.15) is 4.83 Å². The number of halogens is 1. The van der Waals surface area contributed by atoms with Crippen LogP contribution >= 0.6 is 27.7 Å². The summed E-state index contributed by atoms with van der Waals surface area (Å²) in [6.07, 6.45) is 2.02. The van der Waals surface area contributed by atoms with Crippen LogP contribution in [0.2, 0.25) is 0 Å². The van der Waals surface area contributed by atoms with Gasteiger partial charge in [-0.15, -0.1) is 11.8 Å². The van der Waals surface area contributed by atoms with Gasteiger partial charge in [0.15, 0.2) is 5.78 Å². The zero-order valence-electron chi connectivity index (χ0n) is 9.97. The molecule has 0 N–H and O–H groups in total. The van der Waals surface area contributed by atoms with Crippen LogP contribution in [0.15, 0.2) is 59.5 Å². The van der Waals surface area contributed by atoms with E-state index >= 15 is 0 Å². The van der Waals surface area contributed by atoms with Crippen molar-refractivity contribution < 1.29 is 4.79 Å². The SMILES string of the molecule is CSc1ccc(C(=O)C(Br)c2ccccc2)cc1. The molecular formula is C15H13BrOS. The van der Waals surface area contributed by atoms with E-state index in [4.69, 9.17) is 0 Å². The van der Waals surface area contributed by atoms with Crippen molar-refractivity contribution in [3.8, 4) is 0 Å². The van der Waals surface area contributed by atoms with Gasteiger partial charge >= 0.3 is 0 Å². The summed E-state index contributed by atoms with van der Waals surface area (Å²) in [5.74, 6) is 0.0915. The molecule has 0 saturated heterocycles. The Labute approximate surface area is 120 Å². The van der Waals surface area contributed by atoms with Crippen molar-refractivity contribution in [3.63, 3.8) is 0 Å². The Morgan fingerprint density at radius 3 is 2.22 bits per heavy atom. The first-order valence-electron chi connectivity index (χ1n) is 5.59. The van der Waals surface area contributed by atoms with Gasteiger partial charge in [0.2, 0.25) is 0 Å². The van der Waals surface area contributed by atoms with Crippen molar-refractivity contribution in [3.05, 3.63) is 65.7 Å². The van der Waals surface area contributed by atoms with Crippen LogP contribution in [0.1, 0.15) is 20.7 Å². The highest BCUT2D eigenvalue weighted by molar-refractivity contribution is 9.09. The smallest absolute Gasteiger partial charge is 0.180 e. The number of carbonyl (C=O) groups is 1. The number of benzene rings is 2. The summed E-state index contributed by atoms with van der Waals surface area (Å²) in [6.45, 7) is 0. The molecule has 0 saturated carbocycles. The molecule has 0 amide bonds. The van der Waals surface area contributed by atoms with E-state index in [1.807, 2.05) is 60.9 Å². The molecule has 0 aromatic heterocycles. The fraction of sp³-hybridized carbons (Fsp3) is 0.133. The minimum atomic E-state index is -0.279. The fourth-order valence-electron chi connectivity index (χ4n) is 1.67. The number of hydrogen-bond acceptors (Lipinski definition) is 2. The third-order valence-corrected chi connectivity index (χ3v) is 4.39. The summed E-state index contributed by atoms with van der Waals surface area (Å²) in [4.78, 5) is 13.2. The molecule has 0 spiro atoms. The van der Waals surface area contributed by atoms with E-state index in [-0.39, 0.29) is 10.6 Å². The third-order valence-electron chi connectivity index (χ3n) is 2.70. The largest absolute Gasteiger partial charge is 0.293 e. The second kappa shape index (κ2) is 6.21. The van der Waals surface area contributed by atoms with Gasteiger partial charge in [0, 0.05) is 10.5 Å². The summed E-state index contributed by atoms with van der Waals surface area (Å²) in [7, 11) is 0. The molecule has 0 aliphatic heterocycles. The molecule has 0 heterocycles. The van der Waals surface area contributed by atoms with Gasteiger partial charge in [-0.25, -0.2) is 0 Å². The predicted octanol–water partition coefficient (Wildman–Crippen LogP) is 4.73. The molecule has 0 bridgehead atoms. The molecule has 1 unspecified atom stereocenters. The molecule has 18 heavy (non-hydrogen) atoms. The minimum absolute atomic E-state index is 0.0915. The highest BCUT2D eigenvalue weighted by Crippen LogP contribution is 2.27. The highest BCUT2D eigenvalue weighted by Gasteiger charge is 2.18. The van der Waals surface area contributed by atoms with Crippen LogP contribution in [0.25, 0.3) is 0 Å². The van der Waals surface area contributed by atoms with Crippen LogP contribution in [0.3, 0.4) is 0 Å². The number of hydrogen-bond donors (Lipinski definition) is 0. The summed E-state index contributed by atoms with van der Waals surface area (Å²) in [5, 5.41) is 0. The Balaban J connectivity index is 2.20. The molecule has 1 nitrogen and oxygen atoms in total. The maximum absolute atomic E-state index is 12.3. The molecule has 0 aliphatic rings. The zero-order valence-corrected chi connectivity index (χ0v) is 12.4. The molecule has 0 fully saturated rings. The Morgan fingerprint density at radius 1 is 1.06 bits per heavy atom. The Morgan fingerprint density at radius 2 is 1.67 bits per heavy atom. The number of ketones is 1. The van der Waals surface area contributed by atoms with Crippen molar-refractivity contribution >= 4 is 33.5 Å². The van der Waals surface area contributed by atoms with Gasteiger partial charge in [-0.3, -0.25) is 4.79 Å². The quantitative estimate of drug-likeness (QED) is 0.460. The molecule has 2 rings (SSSR count). The lowest BCUT2D eigenvalue weighted by atomic mass is 10.0. The van der Waals surface area contributed by atoms with Crippen molar-refractivity contribution in [1.29, 1.82) is 0 Å². The first kappa shape index (κ1) is 13.4. The van der Waals surface area contributed by atoms with Crippen molar-refractivity contribution in [2.45, 2.75) is 9.72 Å². The van der Waals surface area contributed by atoms with Crippen molar-refractivity contribution in [2.75, 3.05) is 6.26 Å². The van der Waals surface area contributed by atoms with Crippen molar-refractivity contribution in [1.82, 2.24) is 0 Å². The maximum Gasteiger partial charge on any atom is 0.180 e. The lowest BCUT2D eigenvalue weighted by molar-refractivity contribution is 0.0991. The Bertz CT molecular complexity index is 522. The standard InChI is InChI=1S/C15H13BrOS/c1-18-13-9-7-12(8-10-13)15(17)14(16)11-5-3-2-4-6-11/h2-10,14H,1H3. The zero-order chi connectivity index (χ0) is 13.0. The van der Waals surface area contributed by atoms with Gasteiger partial charge in [-0.1, -0.05) is 58.4 Å². The van der Waals surface area contributed by atoms with Crippen LogP contribution in [-0.2, 0) is 0 Å². The number of Topliss-reactive ketones (excluding diaryl/α,β-unsaturated/α-hetero) is 1. The average molecular weight is 321 g/mol. The summed E-state index contributed by atoms with van der Waals surface area (Å²) in [5.41, 5.74) is 1.72. The van der Waals surface area contributed by atoms with Crippen LogP contribution in [0, 0.1) is 0 Å².